The number of ether oxygens (including phenoxy) is 1. The smallest absolute Gasteiger partial charge is 0.184 e. The van der Waals surface area contributed by atoms with Crippen LogP contribution in [0.2, 0.25) is 0 Å². The van der Waals surface area contributed by atoms with Gasteiger partial charge in [-0.05, 0) is 43.8 Å². The predicted octanol–water partition coefficient (Wildman–Crippen LogP) is 1.64. The van der Waals surface area contributed by atoms with Gasteiger partial charge in [-0.25, -0.2) is 0 Å². The number of benzene rings is 1. The van der Waals surface area contributed by atoms with Gasteiger partial charge in [0.15, 0.2) is 5.11 Å². The van der Waals surface area contributed by atoms with Crippen LogP contribution in [-0.4, -0.2) is 17.4 Å². The van der Waals surface area contributed by atoms with Gasteiger partial charge in [0, 0.05) is 0 Å². The van der Waals surface area contributed by atoms with Gasteiger partial charge in [-0.3, -0.25) is 5.43 Å². The molecule has 0 fully saturated rings. The van der Waals surface area contributed by atoms with Crippen LogP contribution >= 0.6 is 12.2 Å². The van der Waals surface area contributed by atoms with Gasteiger partial charge >= 0.3 is 0 Å². The lowest BCUT2D eigenvalue weighted by Gasteiger charge is -2.09. The zero-order valence-electron chi connectivity index (χ0n) is 9.31. The maximum atomic E-state index is 5.55. The minimum Gasteiger partial charge on any atom is -0.491 e. The minimum absolute atomic E-state index is 0.144. The normalized spacial score (nSPS) is 10.7. The van der Waals surface area contributed by atoms with Crippen molar-refractivity contribution in [2.45, 2.75) is 20.0 Å². The number of nitrogens with two attached hydrogens (primary N) is 1. The zero-order valence-corrected chi connectivity index (χ0v) is 10.1. The molecule has 1 rings (SSSR count). The summed E-state index contributed by atoms with van der Waals surface area (Å²) in [7, 11) is 0. The number of nitrogens with one attached hydrogen (secondary N) is 1. The van der Waals surface area contributed by atoms with Crippen LogP contribution in [0.1, 0.15) is 19.4 Å². The zero-order chi connectivity index (χ0) is 12.0. The number of thiocarbonyl (C=S) groups is 1. The molecule has 0 heterocycles. The molecule has 0 aliphatic carbocycles. The van der Waals surface area contributed by atoms with Gasteiger partial charge in [-0.2, -0.15) is 5.10 Å². The Bertz CT molecular complexity index is 391. The van der Waals surface area contributed by atoms with Crippen molar-refractivity contribution in [2.24, 2.45) is 10.8 Å². The Hall–Kier alpha value is -1.62. The first kappa shape index (κ1) is 12.4. The average Bonchev–Trinajstić information content (AvgIpc) is 2.16. The van der Waals surface area contributed by atoms with E-state index in [2.05, 4.69) is 22.7 Å². The van der Waals surface area contributed by atoms with Crippen molar-refractivity contribution in [3.63, 3.8) is 0 Å². The van der Waals surface area contributed by atoms with E-state index in [1.165, 1.54) is 0 Å². The van der Waals surface area contributed by atoms with Crippen molar-refractivity contribution in [3.8, 4) is 5.75 Å². The van der Waals surface area contributed by atoms with Crippen LogP contribution in [0.15, 0.2) is 29.4 Å². The fourth-order valence-electron chi connectivity index (χ4n) is 1.11. The molecule has 16 heavy (non-hydrogen) atoms. The summed E-state index contributed by atoms with van der Waals surface area (Å²) >= 11 is 4.62. The summed E-state index contributed by atoms with van der Waals surface area (Å²) in [6.07, 6.45) is 1.79. The monoisotopic (exact) mass is 237 g/mol. The third kappa shape index (κ3) is 4.75. The lowest BCUT2D eigenvalue weighted by molar-refractivity contribution is 0.242. The third-order valence-corrected chi connectivity index (χ3v) is 1.71. The SMILES string of the molecule is CC(C)Oc1cccc(C=NNC(N)=S)c1. The standard InChI is InChI=1S/C11H15N3OS/c1-8(2)15-10-5-3-4-9(6-10)7-13-14-11(12)16/h3-8H,1-2H3,(H3,12,14,16). The molecule has 4 nitrogen and oxygen atoms in total. The van der Waals surface area contributed by atoms with E-state index in [4.69, 9.17) is 10.5 Å². The van der Waals surface area contributed by atoms with Crippen LogP contribution in [0.4, 0.5) is 0 Å². The summed E-state index contributed by atoms with van der Waals surface area (Å²) in [6, 6.07) is 7.61. The second kappa shape index (κ2) is 6.07. The average molecular weight is 237 g/mol. The Balaban J connectivity index is 2.67. The maximum absolute atomic E-state index is 5.55. The summed E-state index contributed by atoms with van der Waals surface area (Å²) in [4.78, 5) is 0. The Morgan fingerprint density at radius 2 is 2.31 bits per heavy atom. The van der Waals surface area contributed by atoms with Crippen LogP contribution in [0.5, 0.6) is 5.75 Å². The second-order valence-corrected chi connectivity index (χ2v) is 3.91. The molecular weight excluding hydrogens is 222 g/mol. The van der Waals surface area contributed by atoms with Gasteiger partial charge in [-0.1, -0.05) is 12.1 Å². The highest BCUT2D eigenvalue weighted by Crippen LogP contribution is 2.13. The number of hydrogen-bond donors (Lipinski definition) is 2. The van der Waals surface area contributed by atoms with Crippen molar-refractivity contribution >= 4 is 23.5 Å². The molecule has 0 aromatic heterocycles. The number of hydrazone groups is 1. The number of nitrogens with zero attached hydrogens (tertiary/aromatic N) is 1. The molecule has 0 atom stereocenters. The van der Waals surface area contributed by atoms with E-state index in [0.29, 0.717) is 0 Å². The van der Waals surface area contributed by atoms with Crippen molar-refractivity contribution in [1.82, 2.24) is 5.43 Å². The number of hydrogen-bond acceptors (Lipinski definition) is 3. The molecule has 0 unspecified atom stereocenters. The Morgan fingerprint density at radius 1 is 1.56 bits per heavy atom. The first-order valence-electron chi connectivity index (χ1n) is 4.93. The van der Waals surface area contributed by atoms with Gasteiger partial charge < -0.3 is 10.5 Å². The lowest BCUT2D eigenvalue weighted by atomic mass is 10.2. The highest BCUT2D eigenvalue weighted by atomic mass is 32.1. The molecule has 0 bridgehead atoms. The molecular formula is C11H15N3OS. The first-order valence-corrected chi connectivity index (χ1v) is 5.34. The second-order valence-electron chi connectivity index (χ2n) is 3.47. The maximum Gasteiger partial charge on any atom is 0.184 e. The van der Waals surface area contributed by atoms with Crippen LogP contribution in [0.25, 0.3) is 0 Å². The Labute approximate surface area is 100 Å². The molecule has 3 N–H and O–H groups in total. The van der Waals surface area contributed by atoms with Crippen molar-refractivity contribution in [1.29, 1.82) is 0 Å². The van der Waals surface area contributed by atoms with Crippen LogP contribution in [-0.2, 0) is 0 Å². The molecule has 0 saturated carbocycles. The molecule has 1 aromatic rings. The van der Waals surface area contributed by atoms with E-state index >= 15 is 0 Å². The highest BCUT2D eigenvalue weighted by Gasteiger charge is 1.97. The van der Waals surface area contributed by atoms with Gasteiger partial charge in [0.05, 0.1) is 12.3 Å². The lowest BCUT2D eigenvalue weighted by Crippen LogP contribution is -2.23. The van der Waals surface area contributed by atoms with E-state index in [1.54, 1.807) is 6.21 Å². The number of rotatable bonds is 4. The fourth-order valence-corrected chi connectivity index (χ4v) is 1.16. The largest absolute Gasteiger partial charge is 0.491 e. The topological polar surface area (TPSA) is 59.6 Å². The molecule has 5 heteroatoms. The molecule has 0 radical (unpaired) electrons. The van der Waals surface area contributed by atoms with Gasteiger partial charge in [0.2, 0.25) is 0 Å². The van der Waals surface area contributed by atoms with Crippen LogP contribution in [0, 0.1) is 0 Å². The van der Waals surface area contributed by atoms with E-state index in [0.717, 1.165) is 11.3 Å². The van der Waals surface area contributed by atoms with Crippen LogP contribution < -0.4 is 15.9 Å². The molecule has 86 valence electrons. The Kier molecular flexibility index (Phi) is 4.72. The van der Waals surface area contributed by atoms with Crippen molar-refractivity contribution in [3.05, 3.63) is 29.8 Å². The van der Waals surface area contributed by atoms with Crippen LogP contribution in [0.3, 0.4) is 0 Å². The predicted molar refractivity (Wildman–Crippen MR) is 69.7 cm³/mol. The summed E-state index contributed by atoms with van der Waals surface area (Å²) in [6.45, 7) is 3.96. The summed E-state index contributed by atoms with van der Waals surface area (Å²) in [5, 5.41) is 4.01. The molecule has 1 aromatic carbocycles. The molecule has 0 saturated heterocycles. The van der Waals surface area contributed by atoms with Gasteiger partial charge in [0.1, 0.15) is 5.75 Å². The highest BCUT2D eigenvalue weighted by molar-refractivity contribution is 7.80. The van der Waals surface area contributed by atoms with E-state index in [9.17, 15) is 0 Å². The Morgan fingerprint density at radius 3 is 2.94 bits per heavy atom. The molecule has 0 aliphatic heterocycles. The summed E-state index contributed by atoms with van der Waals surface area (Å²) < 4.78 is 5.55. The molecule has 0 amide bonds. The first-order chi connectivity index (χ1) is 7.58. The quantitative estimate of drug-likeness (QED) is 0.475. The molecule has 0 aliphatic rings. The summed E-state index contributed by atoms with van der Waals surface area (Å²) in [5.74, 6) is 0.814. The van der Waals surface area contributed by atoms with Gasteiger partial charge in [0.25, 0.3) is 0 Å². The van der Waals surface area contributed by atoms with Crippen molar-refractivity contribution < 1.29 is 4.74 Å². The minimum atomic E-state index is 0.144. The van der Waals surface area contributed by atoms with Gasteiger partial charge in [-0.15, -0.1) is 0 Å². The van der Waals surface area contributed by atoms with E-state index < -0.39 is 0 Å². The third-order valence-electron chi connectivity index (χ3n) is 1.62. The van der Waals surface area contributed by atoms with E-state index in [-0.39, 0.29) is 11.2 Å². The molecule has 0 spiro atoms. The fraction of sp³-hybridized carbons (Fsp3) is 0.273. The van der Waals surface area contributed by atoms with E-state index in [1.807, 2.05) is 38.1 Å². The van der Waals surface area contributed by atoms with Crippen molar-refractivity contribution in [2.75, 3.05) is 0 Å². The summed E-state index contributed by atoms with van der Waals surface area (Å²) in [5.41, 5.74) is 8.64.